The minimum absolute atomic E-state index is 0.0732. The summed E-state index contributed by atoms with van der Waals surface area (Å²) >= 11 is 0. The van der Waals surface area contributed by atoms with Gasteiger partial charge in [0.05, 0.1) is 18.7 Å². The van der Waals surface area contributed by atoms with Gasteiger partial charge in [0.2, 0.25) is 29.5 Å². The summed E-state index contributed by atoms with van der Waals surface area (Å²) in [4.78, 5) is 78.2. The fourth-order valence-corrected chi connectivity index (χ4v) is 5.33. The van der Waals surface area contributed by atoms with Crippen molar-refractivity contribution in [2.24, 2.45) is 17.4 Å². The molecule has 16 nitrogen and oxygen atoms in total. The molecule has 1 heterocycles. The maximum atomic E-state index is 13.3. The minimum atomic E-state index is -1.45. The van der Waals surface area contributed by atoms with Gasteiger partial charge in [0.15, 0.2) is 0 Å². The third-order valence-corrected chi connectivity index (χ3v) is 8.41. The number of phenolic OH excluding ortho intramolecular Hbond substituents is 1. The molecular formula is C32H51N7O9. The minimum Gasteiger partial charge on any atom is -0.508 e. The molecule has 11 N–H and O–H groups in total. The van der Waals surface area contributed by atoms with Gasteiger partial charge in [0.25, 0.3) is 0 Å². The third kappa shape index (κ3) is 12.1. The van der Waals surface area contributed by atoms with Crippen molar-refractivity contribution in [2.75, 3.05) is 19.6 Å². The second-order valence-corrected chi connectivity index (χ2v) is 12.2. The molecule has 1 aliphatic rings. The molecule has 0 spiro atoms. The van der Waals surface area contributed by atoms with Crippen molar-refractivity contribution in [2.45, 2.75) is 102 Å². The van der Waals surface area contributed by atoms with E-state index in [2.05, 4.69) is 21.3 Å². The van der Waals surface area contributed by atoms with Crippen LogP contribution in [0.5, 0.6) is 5.75 Å². The lowest BCUT2D eigenvalue weighted by molar-refractivity contribution is -0.150. The number of carbonyl (C=O) groups excluding carboxylic acids is 5. The normalized spacial score (nSPS) is 18.0. The number of benzene rings is 1. The Morgan fingerprint density at radius 1 is 0.958 bits per heavy atom. The third-order valence-electron chi connectivity index (χ3n) is 8.41. The number of nitrogens with one attached hydrogen (secondary N) is 4. The maximum absolute atomic E-state index is 13.3. The Labute approximate surface area is 280 Å². The van der Waals surface area contributed by atoms with E-state index in [9.17, 15) is 44.1 Å². The van der Waals surface area contributed by atoms with Gasteiger partial charge in [-0.15, -0.1) is 0 Å². The lowest BCUT2D eigenvalue weighted by Gasteiger charge is -2.30. The lowest BCUT2D eigenvalue weighted by Crippen LogP contribution is -2.59. The van der Waals surface area contributed by atoms with Crippen LogP contribution < -0.4 is 32.7 Å². The summed E-state index contributed by atoms with van der Waals surface area (Å²) in [6.45, 7) is 4.84. The topological polar surface area (TPSA) is 267 Å². The van der Waals surface area contributed by atoms with E-state index in [0.29, 0.717) is 37.8 Å². The average molecular weight is 678 g/mol. The van der Waals surface area contributed by atoms with Gasteiger partial charge in [-0.1, -0.05) is 32.4 Å². The van der Waals surface area contributed by atoms with E-state index >= 15 is 0 Å². The molecular weight excluding hydrogens is 626 g/mol. The number of carboxylic acid groups (broad SMARTS) is 1. The summed E-state index contributed by atoms with van der Waals surface area (Å²) in [5, 5.41) is 39.4. The molecule has 7 atom stereocenters. The molecule has 5 amide bonds. The number of aromatic hydroxyl groups is 1. The Hall–Kier alpha value is -4.28. The molecule has 2 rings (SSSR count). The Kier molecular flexibility index (Phi) is 16.2. The van der Waals surface area contributed by atoms with Crippen LogP contribution in [-0.2, 0) is 35.2 Å². The van der Waals surface area contributed by atoms with Crippen LogP contribution in [-0.4, -0.2) is 112 Å². The molecule has 268 valence electrons. The number of likely N-dealkylation sites (tertiary alicyclic amines) is 1. The van der Waals surface area contributed by atoms with Crippen molar-refractivity contribution < 1.29 is 44.1 Å². The number of amides is 5. The number of nitrogens with two attached hydrogens (primary N) is 2. The van der Waals surface area contributed by atoms with Crippen molar-refractivity contribution in [3.63, 3.8) is 0 Å². The first kappa shape index (κ1) is 39.9. The molecule has 0 radical (unpaired) electrons. The zero-order chi connectivity index (χ0) is 36.0. The molecule has 0 unspecified atom stereocenters. The quantitative estimate of drug-likeness (QED) is 0.0758. The molecule has 0 bridgehead atoms. The predicted molar refractivity (Wildman–Crippen MR) is 175 cm³/mol. The van der Waals surface area contributed by atoms with Gasteiger partial charge >= 0.3 is 5.97 Å². The fourth-order valence-electron chi connectivity index (χ4n) is 5.33. The summed E-state index contributed by atoms with van der Waals surface area (Å²) < 4.78 is 0. The van der Waals surface area contributed by atoms with E-state index in [-0.39, 0.29) is 37.5 Å². The van der Waals surface area contributed by atoms with Gasteiger partial charge < -0.3 is 53.0 Å². The molecule has 48 heavy (non-hydrogen) atoms. The smallest absolute Gasteiger partial charge is 0.326 e. The average Bonchev–Trinajstić information content (AvgIpc) is 3.55. The number of aliphatic hydroxyl groups is 1. The number of carbonyl (C=O) groups is 6. The van der Waals surface area contributed by atoms with E-state index in [4.69, 9.17) is 11.5 Å². The lowest BCUT2D eigenvalue weighted by atomic mass is 9.97. The molecule has 1 aromatic carbocycles. The van der Waals surface area contributed by atoms with Gasteiger partial charge in [-0.25, -0.2) is 4.79 Å². The number of carboxylic acids is 1. The number of aliphatic hydroxyl groups excluding tert-OH is 1. The molecule has 1 saturated heterocycles. The fraction of sp³-hybridized carbons (Fsp3) is 0.625. The second kappa shape index (κ2) is 19.5. The van der Waals surface area contributed by atoms with E-state index < -0.39 is 78.4 Å². The Balaban J connectivity index is 2.05. The van der Waals surface area contributed by atoms with Crippen LogP contribution in [0.15, 0.2) is 24.3 Å². The van der Waals surface area contributed by atoms with E-state index in [1.54, 1.807) is 19.1 Å². The summed E-state index contributed by atoms with van der Waals surface area (Å²) in [5.74, 6) is -4.88. The SMILES string of the molecule is CC[C@H](C)[C@H](NC(=O)[C@@H](N)Cc1ccc(O)cc1)C(=O)NCC(=O)N[C@@H](CCCCN)C(=O)N[C@H](C(=O)N1CCC[C@H]1C(=O)O)[C@@H](C)O. The number of aliphatic carboxylic acids is 1. The standard InChI is InChI=1S/C32H51N7O9/c1-4-18(2)26(37-28(43)22(34)16-20-10-12-21(41)13-11-20)30(45)35-17-25(42)36-23(8-5-6-14-33)29(44)38-27(19(3)40)31(46)39-15-7-9-24(39)32(47)48/h10-13,18-19,22-24,26-27,40-41H,4-9,14-17,33-34H2,1-3H3,(H,35,45)(H,36,42)(H,37,43)(H,38,44)(H,47,48)/t18-,19+,22-,23-,24-,26-,27-/m0/s1. The highest BCUT2D eigenvalue weighted by Gasteiger charge is 2.40. The Morgan fingerprint density at radius 2 is 1.60 bits per heavy atom. The first-order valence-corrected chi connectivity index (χ1v) is 16.3. The number of hydrogen-bond acceptors (Lipinski definition) is 10. The number of hydrogen-bond donors (Lipinski definition) is 9. The van der Waals surface area contributed by atoms with Gasteiger partial charge in [-0.3, -0.25) is 24.0 Å². The van der Waals surface area contributed by atoms with Gasteiger partial charge in [0, 0.05) is 6.54 Å². The summed E-state index contributed by atoms with van der Waals surface area (Å²) in [6, 6.07) is 0.538. The molecule has 1 aliphatic heterocycles. The molecule has 1 fully saturated rings. The van der Waals surface area contributed by atoms with Crippen molar-refractivity contribution >= 4 is 35.5 Å². The highest BCUT2D eigenvalue weighted by atomic mass is 16.4. The summed E-state index contributed by atoms with van der Waals surface area (Å²) in [7, 11) is 0. The van der Waals surface area contributed by atoms with Crippen LogP contribution in [0.2, 0.25) is 0 Å². The summed E-state index contributed by atoms with van der Waals surface area (Å²) in [6.07, 6.45) is 1.14. The van der Waals surface area contributed by atoms with Crippen LogP contribution in [0, 0.1) is 5.92 Å². The second-order valence-electron chi connectivity index (χ2n) is 12.2. The highest BCUT2D eigenvalue weighted by Crippen LogP contribution is 2.19. The number of rotatable bonds is 19. The van der Waals surface area contributed by atoms with Crippen LogP contribution in [0.3, 0.4) is 0 Å². The van der Waals surface area contributed by atoms with Crippen LogP contribution >= 0.6 is 0 Å². The maximum Gasteiger partial charge on any atom is 0.326 e. The van der Waals surface area contributed by atoms with Crippen molar-refractivity contribution in [1.82, 2.24) is 26.2 Å². The highest BCUT2D eigenvalue weighted by molar-refractivity contribution is 5.95. The Morgan fingerprint density at radius 3 is 2.19 bits per heavy atom. The van der Waals surface area contributed by atoms with Crippen LogP contribution in [0.25, 0.3) is 0 Å². The van der Waals surface area contributed by atoms with Crippen LogP contribution in [0.4, 0.5) is 0 Å². The van der Waals surface area contributed by atoms with Gasteiger partial charge in [0.1, 0.15) is 29.9 Å². The zero-order valence-electron chi connectivity index (χ0n) is 27.8. The van der Waals surface area contributed by atoms with Gasteiger partial charge in [-0.2, -0.15) is 0 Å². The number of phenols is 1. The van der Waals surface area contributed by atoms with Crippen molar-refractivity contribution in [3.8, 4) is 5.75 Å². The first-order valence-electron chi connectivity index (χ1n) is 16.3. The molecule has 0 aromatic heterocycles. The summed E-state index contributed by atoms with van der Waals surface area (Å²) in [5.41, 5.74) is 12.4. The molecule has 0 saturated carbocycles. The van der Waals surface area contributed by atoms with E-state index in [1.165, 1.54) is 19.1 Å². The number of nitrogens with zero attached hydrogens (tertiary/aromatic N) is 1. The predicted octanol–water partition coefficient (Wildman–Crippen LogP) is -1.54. The monoisotopic (exact) mass is 677 g/mol. The first-order chi connectivity index (χ1) is 22.7. The van der Waals surface area contributed by atoms with E-state index in [0.717, 1.165) is 4.90 Å². The molecule has 16 heteroatoms. The zero-order valence-corrected chi connectivity index (χ0v) is 27.8. The molecule has 1 aromatic rings. The van der Waals surface area contributed by atoms with Crippen molar-refractivity contribution in [1.29, 1.82) is 0 Å². The Bertz CT molecular complexity index is 1260. The van der Waals surface area contributed by atoms with E-state index in [1.807, 2.05) is 6.92 Å². The van der Waals surface area contributed by atoms with Gasteiger partial charge in [-0.05, 0) is 75.6 Å². The molecule has 0 aliphatic carbocycles. The largest absolute Gasteiger partial charge is 0.508 e. The van der Waals surface area contributed by atoms with Crippen molar-refractivity contribution in [3.05, 3.63) is 29.8 Å². The number of unbranched alkanes of at least 4 members (excludes halogenated alkanes) is 1. The van der Waals surface area contributed by atoms with Crippen LogP contribution in [0.1, 0.15) is 64.9 Å².